The summed E-state index contributed by atoms with van der Waals surface area (Å²) in [6.07, 6.45) is 0.135. The number of nitrogens with one attached hydrogen (secondary N) is 2. The van der Waals surface area contributed by atoms with Gasteiger partial charge in [-0.25, -0.2) is 4.79 Å². The van der Waals surface area contributed by atoms with Gasteiger partial charge in [0.25, 0.3) is 11.8 Å². The molecule has 0 saturated carbocycles. The Labute approximate surface area is 228 Å². The molecule has 0 spiro atoms. The Morgan fingerprint density at radius 3 is 2.08 bits per heavy atom. The van der Waals surface area contributed by atoms with Gasteiger partial charge in [-0.1, -0.05) is 62.3 Å². The highest BCUT2D eigenvalue weighted by Crippen LogP contribution is 2.25. The third kappa shape index (κ3) is 7.10. The number of anilines is 1. The molecule has 0 unspecified atom stereocenters. The van der Waals surface area contributed by atoms with Gasteiger partial charge in [-0.15, -0.1) is 0 Å². The molecule has 0 fully saturated rings. The van der Waals surface area contributed by atoms with E-state index in [1.165, 1.54) is 0 Å². The van der Waals surface area contributed by atoms with Gasteiger partial charge in [-0.2, -0.15) is 4.98 Å². The third-order valence-corrected chi connectivity index (χ3v) is 6.28. The monoisotopic (exact) mass is 526 g/mol. The summed E-state index contributed by atoms with van der Waals surface area (Å²) in [5.74, 6) is -0.680. The Morgan fingerprint density at radius 1 is 0.897 bits per heavy atom. The molecule has 8 heteroatoms. The minimum absolute atomic E-state index is 0.0374. The first-order valence-electron chi connectivity index (χ1n) is 12.9. The number of amides is 1. The summed E-state index contributed by atoms with van der Waals surface area (Å²) >= 11 is 0. The fourth-order valence-corrected chi connectivity index (χ4v) is 4.09. The molecule has 0 aliphatic rings. The highest BCUT2D eigenvalue weighted by molar-refractivity contribution is 5.96. The van der Waals surface area contributed by atoms with E-state index < -0.39 is 17.9 Å². The van der Waals surface area contributed by atoms with Crippen LogP contribution in [-0.2, 0) is 16.6 Å². The molecular formula is C31H34N4O4. The highest BCUT2D eigenvalue weighted by atomic mass is 16.5. The molecule has 3 aromatic carbocycles. The third-order valence-electron chi connectivity index (χ3n) is 6.28. The Kier molecular flexibility index (Phi) is 8.14. The summed E-state index contributed by atoms with van der Waals surface area (Å²) in [5.41, 5.74) is 4.80. The van der Waals surface area contributed by atoms with Crippen LogP contribution in [0, 0.1) is 0 Å². The molecule has 1 amide bonds. The van der Waals surface area contributed by atoms with Gasteiger partial charge in [0.2, 0.25) is 5.82 Å². The van der Waals surface area contributed by atoms with Crippen molar-refractivity contribution in [2.24, 2.45) is 0 Å². The summed E-state index contributed by atoms with van der Waals surface area (Å²) in [6.45, 7) is 10.4. The van der Waals surface area contributed by atoms with Gasteiger partial charge >= 0.3 is 5.97 Å². The molecule has 202 valence electrons. The fourth-order valence-electron chi connectivity index (χ4n) is 4.09. The average molecular weight is 527 g/mol. The number of carboxylic acid groups (broad SMARTS) is 1. The zero-order chi connectivity index (χ0) is 28.2. The maximum absolute atomic E-state index is 12.7. The van der Waals surface area contributed by atoms with Crippen molar-refractivity contribution in [2.75, 3.05) is 5.32 Å². The quantitative estimate of drug-likeness (QED) is 0.247. The van der Waals surface area contributed by atoms with Crippen molar-refractivity contribution in [3.8, 4) is 22.8 Å². The molecule has 0 radical (unpaired) electrons. The zero-order valence-corrected chi connectivity index (χ0v) is 22.9. The van der Waals surface area contributed by atoms with E-state index in [-0.39, 0.29) is 11.8 Å². The molecular weight excluding hydrogens is 492 g/mol. The molecule has 4 aromatic rings. The van der Waals surface area contributed by atoms with Crippen molar-refractivity contribution in [2.45, 2.75) is 58.5 Å². The van der Waals surface area contributed by atoms with Gasteiger partial charge in [-0.3, -0.25) is 4.79 Å². The van der Waals surface area contributed by atoms with Crippen LogP contribution in [-0.4, -0.2) is 39.2 Å². The van der Waals surface area contributed by atoms with E-state index in [9.17, 15) is 14.7 Å². The Hall–Kier alpha value is -4.46. The molecule has 0 aliphatic carbocycles. The number of aliphatic carboxylic acids is 1. The summed E-state index contributed by atoms with van der Waals surface area (Å²) < 4.78 is 5.46. The van der Waals surface area contributed by atoms with E-state index in [1.807, 2.05) is 48.5 Å². The standard InChI is InChI=1S/C31H34N4O4/c1-19(2)32-25-16-12-23(13-17-25)29-34-27(35-39-29)21-8-6-20(7-9-21)18-26(30(37)38)33-28(36)22-10-14-24(15-11-22)31(3,4)5/h6-17,19,26,32H,18H2,1-5H3,(H,33,36)(H,37,38)/t26-/m0/s1. The van der Waals surface area contributed by atoms with Crippen LogP contribution in [0.15, 0.2) is 77.3 Å². The normalized spacial score (nSPS) is 12.3. The molecule has 0 saturated heterocycles. The maximum atomic E-state index is 12.7. The van der Waals surface area contributed by atoms with Crippen molar-refractivity contribution in [1.82, 2.24) is 15.5 Å². The SMILES string of the molecule is CC(C)Nc1ccc(-c2nc(-c3ccc(C[C@H](NC(=O)c4ccc(C(C)(C)C)cc4)C(=O)O)cc3)no2)cc1. The summed E-state index contributed by atoms with van der Waals surface area (Å²) in [7, 11) is 0. The highest BCUT2D eigenvalue weighted by Gasteiger charge is 2.22. The van der Waals surface area contributed by atoms with Gasteiger partial charge in [0.1, 0.15) is 6.04 Å². The molecule has 39 heavy (non-hydrogen) atoms. The Bertz CT molecular complexity index is 1420. The van der Waals surface area contributed by atoms with E-state index in [0.29, 0.717) is 23.3 Å². The van der Waals surface area contributed by atoms with E-state index in [1.54, 1.807) is 24.3 Å². The summed E-state index contributed by atoms with van der Waals surface area (Å²) in [5, 5.41) is 19.8. The second kappa shape index (κ2) is 11.5. The van der Waals surface area contributed by atoms with Crippen molar-refractivity contribution in [3.63, 3.8) is 0 Å². The van der Waals surface area contributed by atoms with Gasteiger partial charge in [0.15, 0.2) is 0 Å². The number of rotatable bonds is 9. The number of hydrogen-bond acceptors (Lipinski definition) is 6. The number of nitrogens with zero attached hydrogens (tertiary/aromatic N) is 2. The van der Waals surface area contributed by atoms with Crippen LogP contribution in [0.3, 0.4) is 0 Å². The molecule has 4 rings (SSSR count). The van der Waals surface area contributed by atoms with Crippen LogP contribution in [0.5, 0.6) is 0 Å². The molecule has 0 bridgehead atoms. The first-order chi connectivity index (χ1) is 18.5. The van der Waals surface area contributed by atoms with Crippen LogP contribution in [0.1, 0.15) is 56.1 Å². The summed E-state index contributed by atoms with van der Waals surface area (Å²) in [4.78, 5) is 29.1. The van der Waals surface area contributed by atoms with Gasteiger partial charge < -0.3 is 20.3 Å². The second-order valence-corrected chi connectivity index (χ2v) is 10.9. The minimum atomic E-state index is -1.10. The smallest absolute Gasteiger partial charge is 0.326 e. The van der Waals surface area contributed by atoms with Crippen LogP contribution in [0.25, 0.3) is 22.8 Å². The number of aromatic nitrogens is 2. The molecule has 1 aromatic heterocycles. The first kappa shape index (κ1) is 27.6. The average Bonchev–Trinajstić information content (AvgIpc) is 3.38. The Morgan fingerprint density at radius 2 is 1.51 bits per heavy atom. The molecule has 1 heterocycles. The molecule has 1 atom stereocenters. The molecule has 0 aliphatic heterocycles. The topological polar surface area (TPSA) is 117 Å². The largest absolute Gasteiger partial charge is 0.480 e. The lowest BCUT2D eigenvalue weighted by Gasteiger charge is -2.19. The molecule has 3 N–H and O–H groups in total. The molecule has 8 nitrogen and oxygen atoms in total. The number of carbonyl (C=O) groups is 2. The van der Waals surface area contributed by atoms with E-state index >= 15 is 0 Å². The Balaban J connectivity index is 1.41. The maximum Gasteiger partial charge on any atom is 0.326 e. The predicted octanol–water partition coefficient (Wildman–Crippen LogP) is 5.95. The van der Waals surface area contributed by atoms with Crippen LogP contribution in [0.2, 0.25) is 0 Å². The van der Waals surface area contributed by atoms with Crippen LogP contribution >= 0.6 is 0 Å². The van der Waals surface area contributed by atoms with Gasteiger partial charge in [-0.05, 0) is 66.8 Å². The second-order valence-electron chi connectivity index (χ2n) is 10.9. The van der Waals surface area contributed by atoms with Gasteiger partial charge in [0.05, 0.1) is 0 Å². The van der Waals surface area contributed by atoms with E-state index in [4.69, 9.17) is 4.52 Å². The number of carbonyl (C=O) groups excluding carboxylic acids is 1. The zero-order valence-electron chi connectivity index (χ0n) is 22.9. The number of benzene rings is 3. The summed E-state index contributed by atoms with van der Waals surface area (Å²) in [6, 6.07) is 21.5. The fraction of sp³-hybridized carbons (Fsp3) is 0.290. The van der Waals surface area contributed by atoms with E-state index in [2.05, 4.69) is 55.4 Å². The first-order valence-corrected chi connectivity index (χ1v) is 12.9. The van der Waals surface area contributed by atoms with E-state index in [0.717, 1.165) is 27.9 Å². The van der Waals surface area contributed by atoms with Crippen molar-refractivity contribution >= 4 is 17.6 Å². The van der Waals surface area contributed by atoms with Gasteiger partial charge in [0, 0.05) is 34.8 Å². The van der Waals surface area contributed by atoms with Crippen molar-refractivity contribution in [1.29, 1.82) is 0 Å². The van der Waals surface area contributed by atoms with Crippen molar-refractivity contribution < 1.29 is 19.2 Å². The lowest BCUT2D eigenvalue weighted by molar-refractivity contribution is -0.139. The lowest BCUT2D eigenvalue weighted by atomic mass is 9.86. The van der Waals surface area contributed by atoms with Crippen LogP contribution in [0.4, 0.5) is 5.69 Å². The minimum Gasteiger partial charge on any atom is -0.480 e. The lowest BCUT2D eigenvalue weighted by Crippen LogP contribution is -2.42. The van der Waals surface area contributed by atoms with Crippen molar-refractivity contribution in [3.05, 3.63) is 89.5 Å². The van der Waals surface area contributed by atoms with Crippen LogP contribution < -0.4 is 10.6 Å². The number of carboxylic acids is 1. The number of hydrogen-bond donors (Lipinski definition) is 3. The predicted molar refractivity (Wildman–Crippen MR) is 152 cm³/mol.